The fourth-order valence-electron chi connectivity index (χ4n) is 1.31. The highest BCUT2D eigenvalue weighted by atomic mass is 32.1. The summed E-state index contributed by atoms with van der Waals surface area (Å²) in [6.07, 6.45) is 0. The van der Waals surface area contributed by atoms with Gasteiger partial charge >= 0.3 is 0 Å². The zero-order valence-electron chi connectivity index (χ0n) is 8.64. The molecule has 0 spiro atoms. The van der Waals surface area contributed by atoms with Crippen molar-refractivity contribution in [1.82, 2.24) is 5.32 Å². The maximum Gasteiger partial charge on any atom is 0.261 e. The highest BCUT2D eigenvalue weighted by molar-refractivity contribution is 7.12. The van der Waals surface area contributed by atoms with Crippen LogP contribution in [0.3, 0.4) is 0 Å². The Morgan fingerprint density at radius 3 is 2.62 bits per heavy atom. The summed E-state index contributed by atoms with van der Waals surface area (Å²) in [4.78, 5) is 12.4. The molecule has 2 aromatic rings. The number of carbonyl (C=O) groups is 1. The second-order valence-electron chi connectivity index (χ2n) is 3.40. The molecule has 16 heavy (non-hydrogen) atoms. The van der Waals surface area contributed by atoms with E-state index in [1.54, 1.807) is 0 Å². The summed E-state index contributed by atoms with van der Waals surface area (Å²) in [5.41, 5.74) is 7.34. The first-order chi connectivity index (χ1) is 7.75. The van der Waals surface area contributed by atoms with Gasteiger partial charge in [0.05, 0.1) is 4.88 Å². The summed E-state index contributed by atoms with van der Waals surface area (Å²) in [5.74, 6) is -0.0353. The summed E-state index contributed by atoms with van der Waals surface area (Å²) in [5, 5.41) is 4.74. The van der Waals surface area contributed by atoms with Gasteiger partial charge in [0.25, 0.3) is 5.91 Å². The van der Waals surface area contributed by atoms with Gasteiger partial charge in [0.2, 0.25) is 0 Å². The third kappa shape index (κ3) is 2.61. The number of amides is 1. The lowest BCUT2D eigenvalue weighted by atomic mass is 10.2. The molecule has 1 aromatic heterocycles. The Morgan fingerprint density at radius 1 is 1.25 bits per heavy atom. The number of benzene rings is 1. The third-order valence-electron chi connectivity index (χ3n) is 2.18. The summed E-state index contributed by atoms with van der Waals surface area (Å²) >= 11 is 1.44. The fraction of sp³-hybridized carbons (Fsp3) is 0.0833. The number of nitrogen functional groups attached to an aromatic ring is 1. The summed E-state index contributed by atoms with van der Waals surface area (Å²) in [7, 11) is 0. The SMILES string of the molecule is Nc1ccc(CNC(=O)c2cccs2)cc1. The van der Waals surface area contributed by atoms with Crippen LogP contribution in [0.4, 0.5) is 5.69 Å². The van der Waals surface area contributed by atoms with Crippen LogP contribution in [0.15, 0.2) is 41.8 Å². The number of nitrogens with one attached hydrogen (secondary N) is 1. The molecule has 0 aliphatic carbocycles. The van der Waals surface area contributed by atoms with Crippen LogP contribution in [0.25, 0.3) is 0 Å². The van der Waals surface area contributed by atoms with Gasteiger partial charge in [-0.2, -0.15) is 0 Å². The number of carbonyl (C=O) groups excluding carboxylic acids is 1. The first kappa shape index (κ1) is 10.7. The molecule has 0 saturated heterocycles. The van der Waals surface area contributed by atoms with E-state index in [1.165, 1.54) is 11.3 Å². The van der Waals surface area contributed by atoms with Gasteiger partial charge in [-0.3, -0.25) is 4.79 Å². The first-order valence-corrected chi connectivity index (χ1v) is 5.80. The molecule has 1 aromatic carbocycles. The van der Waals surface area contributed by atoms with Crippen molar-refractivity contribution in [1.29, 1.82) is 0 Å². The van der Waals surface area contributed by atoms with Crippen molar-refractivity contribution >= 4 is 22.9 Å². The Kier molecular flexibility index (Phi) is 3.22. The molecule has 3 N–H and O–H groups in total. The van der Waals surface area contributed by atoms with Crippen LogP contribution in [0.1, 0.15) is 15.2 Å². The average molecular weight is 232 g/mol. The predicted octanol–water partition coefficient (Wildman–Crippen LogP) is 2.26. The molecule has 0 saturated carbocycles. The molecular weight excluding hydrogens is 220 g/mol. The van der Waals surface area contributed by atoms with E-state index < -0.39 is 0 Å². The normalized spacial score (nSPS) is 10.0. The number of thiophene rings is 1. The third-order valence-corrected chi connectivity index (χ3v) is 3.05. The van der Waals surface area contributed by atoms with Gasteiger partial charge in [0.15, 0.2) is 0 Å². The minimum Gasteiger partial charge on any atom is -0.399 e. The predicted molar refractivity (Wildman–Crippen MR) is 66.3 cm³/mol. The van der Waals surface area contributed by atoms with E-state index >= 15 is 0 Å². The highest BCUT2D eigenvalue weighted by Gasteiger charge is 2.05. The number of nitrogens with two attached hydrogens (primary N) is 1. The molecule has 0 aliphatic rings. The van der Waals surface area contributed by atoms with E-state index in [4.69, 9.17) is 5.73 Å². The summed E-state index contributed by atoms with van der Waals surface area (Å²) < 4.78 is 0. The quantitative estimate of drug-likeness (QED) is 0.797. The van der Waals surface area contributed by atoms with Gasteiger partial charge in [0, 0.05) is 12.2 Å². The Morgan fingerprint density at radius 2 is 2.00 bits per heavy atom. The van der Waals surface area contributed by atoms with Crippen molar-refractivity contribution < 1.29 is 4.79 Å². The smallest absolute Gasteiger partial charge is 0.261 e. The van der Waals surface area contributed by atoms with Crippen molar-refractivity contribution in [3.05, 3.63) is 52.2 Å². The van der Waals surface area contributed by atoms with Gasteiger partial charge in [-0.15, -0.1) is 11.3 Å². The van der Waals surface area contributed by atoms with Crippen LogP contribution < -0.4 is 11.1 Å². The number of hydrogen-bond donors (Lipinski definition) is 2. The Hall–Kier alpha value is -1.81. The zero-order valence-corrected chi connectivity index (χ0v) is 9.46. The van der Waals surface area contributed by atoms with Crippen molar-refractivity contribution in [2.45, 2.75) is 6.54 Å². The van der Waals surface area contributed by atoms with Crippen LogP contribution in [-0.4, -0.2) is 5.91 Å². The van der Waals surface area contributed by atoms with Gasteiger partial charge in [-0.05, 0) is 29.1 Å². The molecule has 0 fully saturated rings. The second-order valence-corrected chi connectivity index (χ2v) is 4.35. The summed E-state index contributed by atoms with van der Waals surface area (Å²) in [6.45, 7) is 0.525. The Balaban J connectivity index is 1.93. The molecule has 0 bridgehead atoms. The lowest BCUT2D eigenvalue weighted by Crippen LogP contribution is -2.21. The van der Waals surface area contributed by atoms with E-state index in [-0.39, 0.29) is 5.91 Å². The molecule has 1 heterocycles. The molecular formula is C12H12N2OS. The highest BCUT2D eigenvalue weighted by Crippen LogP contribution is 2.09. The number of hydrogen-bond acceptors (Lipinski definition) is 3. The fourth-order valence-corrected chi connectivity index (χ4v) is 1.95. The molecule has 82 valence electrons. The minimum absolute atomic E-state index is 0.0353. The van der Waals surface area contributed by atoms with Crippen LogP contribution in [0.5, 0.6) is 0 Å². The Labute approximate surface area is 97.9 Å². The molecule has 2 rings (SSSR count). The standard InChI is InChI=1S/C12H12N2OS/c13-10-5-3-9(4-6-10)8-14-12(15)11-2-1-7-16-11/h1-7H,8,13H2,(H,14,15). The first-order valence-electron chi connectivity index (χ1n) is 4.92. The average Bonchev–Trinajstić information content (AvgIpc) is 2.81. The zero-order chi connectivity index (χ0) is 11.4. The van der Waals surface area contributed by atoms with Crippen LogP contribution in [0.2, 0.25) is 0 Å². The molecule has 0 aliphatic heterocycles. The molecule has 0 radical (unpaired) electrons. The maximum atomic E-state index is 11.6. The molecule has 3 nitrogen and oxygen atoms in total. The van der Waals surface area contributed by atoms with Crippen molar-refractivity contribution in [2.24, 2.45) is 0 Å². The van der Waals surface area contributed by atoms with Gasteiger partial charge < -0.3 is 11.1 Å². The lowest BCUT2D eigenvalue weighted by molar-refractivity contribution is 0.0955. The van der Waals surface area contributed by atoms with Crippen LogP contribution in [-0.2, 0) is 6.54 Å². The van der Waals surface area contributed by atoms with Gasteiger partial charge in [0.1, 0.15) is 0 Å². The topological polar surface area (TPSA) is 55.1 Å². The maximum absolute atomic E-state index is 11.6. The lowest BCUT2D eigenvalue weighted by Gasteiger charge is -2.03. The number of anilines is 1. The molecule has 0 unspecified atom stereocenters. The van der Waals surface area contributed by atoms with E-state index in [2.05, 4.69) is 5.32 Å². The van der Waals surface area contributed by atoms with E-state index in [9.17, 15) is 4.79 Å². The summed E-state index contributed by atoms with van der Waals surface area (Å²) in [6, 6.07) is 11.1. The Bertz CT molecular complexity index is 462. The number of rotatable bonds is 3. The van der Waals surface area contributed by atoms with E-state index in [0.717, 1.165) is 16.1 Å². The van der Waals surface area contributed by atoms with E-state index in [1.807, 2.05) is 41.8 Å². The largest absolute Gasteiger partial charge is 0.399 e. The van der Waals surface area contributed by atoms with Crippen molar-refractivity contribution in [3.8, 4) is 0 Å². The van der Waals surface area contributed by atoms with Crippen molar-refractivity contribution in [2.75, 3.05) is 5.73 Å². The van der Waals surface area contributed by atoms with Crippen molar-refractivity contribution in [3.63, 3.8) is 0 Å². The molecule has 1 amide bonds. The van der Waals surface area contributed by atoms with Gasteiger partial charge in [-0.25, -0.2) is 0 Å². The monoisotopic (exact) mass is 232 g/mol. The van der Waals surface area contributed by atoms with E-state index in [0.29, 0.717) is 6.54 Å². The van der Waals surface area contributed by atoms with Crippen LogP contribution in [0, 0.1) is 0 Å². The second kappa shape index (κ2) is 4.81. The van der Waals surface area contributed by atoms with Gasteiger partial charge in [-0.1, -0.05) is 18.2 Å². The molecule has 4 heteroatoms. The minimum atomic E-state index is -0.0353. The molecule has 0 atom stereocenters. The van der Waals surface area contributed by atoms with Crippen LogP contribution >= 0.6 is 11.3 Å².